The molecule has 19 heavy (non-hydrogen) atoms. The van der Waals surface area contributed by atoms with Gasteiger partial charge in [0.1, 0.15) is 16.5 Å². The lowest BCUT2D eigenvalue weighted by Crippen LogP contribution is -2.24. The lowest BCUT2D eigenvalue weighted by atomic mass is 10.1. The highest BCUT2D eigenvalue weighted by Crippen LogP contribution is 2.31. The van der Waals surface area contributed by atoms with E-state index in [1.807, 2.05) is 13.8 Å². The Morgan fingerprint density at radius 1 is 1.42 bits per heavy atom. The fourth-order valence-electron chi connectivity index (χ4n) is 2.24. The Kier molecular flexibility index (Phi) is 3.92. The van der Waals surface area contributed by atoms with E-state index in [0.29, 0.717) is 0 Å². The number of hydrogen-bond donors (Lipinski definition) is 1. The molecule has 0 radical (unpaired) electrons. The molecule has 0 aliphatic carbocycles. The molecule has 1 saturated heterocycles. The molecular weight excluding hydrogens is 272 g/mol. The van der Waals surface area contributed by atoms with Crippen LogP contribution in [0, 0.1) is 11.6 Å². The van der Waals surface area contributed by atoms with Crippen LogP contribution in [-0.2, 0) is 15.5 Å². The fraction of sp³-hybridized carbons (Fsp3) is 0.538. The summed E-state index contributed by atoms with van der Waals surface area (Å²) in [4.78, 5) is -0.414. The van der Waals surface area contributed by atoms with Crippen LogP contribution in [0.15, 0.2) is 17.0 Å². The topological polar surface area (TPSA) is 52.3 Å². The lowest BCUT2D eigenvalue weighted by Gasteiger charge is -2.19. The van der Waals surface area contributed by atoms with Crippen molar-refractivity contribution in [1.82, 2.24) is 0 Å². The molecule has 1 aliphatic rings. The first kappa shape index (κ1) is 14.4. The van der Waals surface area contributed by atoms with Crippen LogP contribution in [0.2, 0.25) is 0 Å². The average Bonchev–Trinajstić information content (AvgIpc) is 2.56. The van der Waals surface area contributed by atoms with Gasteiger partial charge in [0.15, 0.2) is 0 Å². The molecule has 2 rings (SSSR count). The quantitative estimate of drug-likeness (QED) is 0.870. The standard InChI is InChI=1S/C13H17F2NO2S/c1-13(2)4-3-9(18-13)7-19(17)12-10(14)5-8(16)6-11(12)15/h5-6,9H,3-4,7,16H2,1-2H3. The molecule has 0 spiro atoms. The van der Waals surface area contributed by atoms with E-state index in [2.05, 4.69) is 0 Å². The number of nitrogen functional groups attached to an aromatic ring is 1. The van der Waals surface area contributed by atoms with Crippen molar-refractivity contribution in [1.29, 1.82) is 0 Å². The van der Waals surface area contributed by atoms with E-state index in [-0.39, 0.29) is 23.1 Å². The summed E-state index contributed by atoms with van der Waals surface area (Å²) >= 11 is 0. The van der Waals surface area contributed by atoms with Gasteiger partial charge in [0.05, 0.1) is 28.3 Å². The van der Waals surface area contributed by atoms with Crippen LogP contribution in [-0.4, -0.2) is 21.7 Å². The van der Waals surface area contributed by atoms with Crippen molar-refractivity contribution in [2.45, 2.75) is 43.3 Å². The van der Waals surface area contributed by atoms with E-state index >= 15 is 0 Å². The largest absolute Gasteiger partial charge is 0.399 e. The Balaban J connectivity index is 2.13. The van der Waals surface area contributed by atoms with Crippen LogP contribution < -0.4 is 5.73 Å². The zero-order valence-corrected chi connectivity index (χ0v) is 11.7. The second kappa shape index (κ2) is 5.17. The summed E-state index contributed by atoms with van der Waals surface area (Å²) in [7, 11) is -1.77. The smallest absolute Gasteiger partial charge is 0.144 e. The maximum Gasteiger partial charge on any atom is 0.144 e. The first-order chi connectivity index (χ1) is 8.78. The zero-order chi connectivity index (χ0) is 14.2. The van der Waals surface area contributed by atoms with Crippen molar-refractivity contribution in [3.05, 3.63) is 23.8 Å². The van der Waals surface area contributed by atoms with Crippen molar-refractivity contribution < 1.29 is 17.7 Å². The maximum atomic E-state index is 13.6. The van der Waals surface area contributed by atoms with E-state index in [9.17, 15) is 13.0 Å². The molecule has 2 atom stereocenters. The van der Waals surface area contributed by atoms with Crippen LogP contribution in [0.1, 0.15) is 26.7 Å². The van der Waals surface area contributed by atoms with Gasteiger partial charge < -0.3 is 10.5 Å². The van der Waals surface area contributed by atoms with Crippen LogP contribution in [0.4, 0.5) is 14.5 Å². The third-order valence-electron chi connectivity index (χ3n) is 3.14. The van der Waals surface area contributed by atoms with E-state index < -0.39 is 27.3 Å². The highest BCUT2D eigenvalue weighted by atomic mass is 32.2. The summed E-state index contributed by atoms with van der Waals surface area (Å²) in [6.45, 7) is 3.89. The molecule has 106 valence electrons. The van der Waals surface area contributed by atoms with Gasteiger partial charge in [-0.15, -0.1) is 0 Å². The maximum absolute atomic E-state index is 13.6. The third-order valence-corrected chi connectivity index (χ3v) is 4.66. The molecule has 2 unspecified atom stereocenters. The molecule has 0 amide bonds. The highest BCUT2D eigenvalue weighted by Gasteiger charge is 2.33. The van der Waals surface area contributed by atoms with Crippen LogP contribution >= 0.6 is 0 Å². The first-order valence-electron chi connectivity index (χ1n) is 6.09. The first-order valence-corrected chi connectivity index (χ1v) is 7.41. The highest BCUT2D eigenvalue weighted by molar-refractivity contribution is 7.85. The Morgan fingerprint density at radius 3 is 2.47 bits per heavy atom. The number of benzene rings is 1. The molecule has 3 nitrogen and oxygen atoms in total. The van der Waals surface area contributed by atoms with Gasteiger partial charge in [-0.25, -0.2) is 8.78 Å². The minimum Gasteiger partial charge on any atom is -0.399 e. The average molecular weight is 289 g/mol. The Labute approximate surface area is 113 Å². The van der Waals surface area contributed by atoms with E-state index in [4.69, 9.17) is 10.5 Å². The lowest BCUT2D eigenvalue weighted by molar-refractivity contribution is -0.00499. The number of halogens is 2. The summed E-state index contributed by atoms with van der Waals surface area (Å²) in [6, 6.07) is 1.96. The van der Waals surface area contributed by atoms with Crippen molar-refractivity contribution in [2.24, 2.45) is 0 Å². The molecule has 1 aromatic rings. The predicted molar refractivity (Wildman–Crippen MR) is 70.2 cm³/mol. The molecule has 0 bridgehead atoms. The normalized spacial score (nSPS) is 23.5. The van der Waals surface area contributed by atoms with Crippen LogP contribution in [0.25, 0.3) is 0 Å². The summed E-state index contributed by atoms with van der Waals surface area (Å²) in [5, 5.41) is 0. The Morgan fingerprint density at radius 2 is 2.00 bits per heavy atom. The van der Waals surface area contributed by atoms with Crippen LogP contribution in [0.5, 0.6) is 0 Å². The summed E-state index contributed by atoms with van der Waals surface area (Å²) in [5.41, 5.74) is 5.05. The van der Waals surface area contributed by atoms with Crippen molar-refractivity contribution in [3.8, 4) is 0 Å². The summed E-state index contributed by atoms with van der Waals surface area (Å²) in [6.07, 6.45) is 1.37. The Hall–Kier alpha value is -1.01. The molecule has 1 fully saturated rings. The van der Waals surface area contributed by atoms with Gasteiger partial charge in [-0.2, -0.15) is 0 Å². The molecule has 0 saturated carbocycles. The van der Waals surface area contributed by atoms with Crippen molar-refractivity contribution in [3.63, 3.8) is 0 Å². The third kappa shape index (κ3) is 3.30. The van der Waals surface area contributed by atoms with E-state index in [1.165, 1.54) is 0 Å². The SMILES string of the molecule is CC1(C)CCC(CS(=O)c2c(F)cc(N)cc2F)O1. The van der Waals surface area contributed by atoms with Gasteiger partial charge in [-0.05, 0) is 38.8 Å². The molecule has 0 aromatic heterocycles. The van der Waals surface area contributed by atoms with Gasteiger partial charge in [-0.3, -0.25) is 4.21 Å². The number of nitrogens with two attached hydrogens (primary N) is 1. The van der Waals surface area contributed by atoms with Gasteiger partial charge in [0.25, 0.3) is 0 Å². The second-order valence-electron chi connectivity index (χ2n) is 5.36. The number of hydrogen-bond acceptors (Lipinski definition) is 3. The number of ether oxygens (including phenoxy) is 1. The van der Waals surface area contributed by atoms with E-state index in [1.54, 1.807) is 0 Å². The number of rotatable bonds is 3. The van der Waals surface area contributed by atoms with Gasteiger partial charge in [0, 0.05) is 5.69 Å². The fourth-order valence-corrected chi connectivity index (χ4v) is 3.54. The van der Waals surface area contributed by atoms with Gasteiger partial charge in [0.2, 0.25) is 0 Å². The molecule has 6 heteroatoms. The van der Waals surface area contributed by atoms with Crippen LogP contribution in [0.3, 0.4) is 0 Å². The minimum atomic E-state index is -1.77. The Bertz CT molecular complexity index is 496. The molecule has 1 aromatic carbocycles. The molecular formula is C13H17F2NO2S. The molecule has 1 aliphatic heterocycles. The molecule has 1 heterocycles. The number of anilines is 1. The van der Waals surface area contributed by atoms with E-state index in [0.717, 1.165) is 25.0 Å². The van der Waals surface area contributed by atoms with Gasteiger partial charge in [-0.1, -0.05) is 0 Å². The van der Waals surface area contributed by atoms with Crippen molar-refractivity contribution in [2.75, 3.05) is 11.5 Å². The minimum absolute atomic E-state index is 0.0194. The second-order valence-corrected chi connectivity index (χ2v) is 6.80. The monoisotopic (exact) mass is 289 g/mol. The summed E-state index contributed by atoms with van der Waals surface area (Å²) in [5.74, 6) is -1.64. The summed E-state index contributed by atoms with van der Waals surface area (Å²) < 4.78 is 45.0. The zero-order valence-electron chi connectivity index (χ0n) is 10.9. The predicted octanol–water partition coefficient (Wildman–Crippen LogP) is 2.61. The van der Waals surface area contributed by atoms with Gasteiger partial charge >= 0.3 is 0 Å². The molecule has 2 N–H and O–H groups in total. The van der Waals surface area contributed by atoms with Crippen molar-refractivity contribution >= 4 is 16.5 Å².